The van der Waals surface area contributed by atoms with E-state index >= 15 is 0 Å². The third-order valence-electron chi connectivity index (χ3n) is 3.90. The lowest BCUT2D eigenvalue weighted by atomic mass is 10.1. The molecule has 1 amide bonds. The summed E-state index contributed by atoms with van der Waals surface area (Å²) in [6.07, 6.45) is 3.20. The van der Waals surface area contributed by atoms with Gasteiger partial charge in [-0.15, -0.1) is 0 Å². The van der Waals surface area contributed by atoms with Crippen LogP contribution in [-0.4, -0.2) is 31.2 Å². The van der Waals surface area contributed by atoms with E-state index in [2.05, 4.69) is 9.82 Å². The molecule has 1 N–H and O–H groups in total. The van der Waals surface area contributed by atoms with E-state index in [9.17, 15) is 13.2 Å². The number of hydrogen-bond acceptors (Lipinski definition) is 5. The summed E-state index contributed by atoms with van der Waals surface area (Å²) in [5.41, 5.74) is 1.00. The first-order chi connectivity index (χ1) is 10.9. The van der Waals surface area contributed by atoms with Gasteiger partial charge in [0.05, 0.1) is 13.3 Å². The Balaban J connectivity index is 1.66. The molecule has 0 spiro atoms. The average Bonchev–Trinajstić information content (AvgIpc) is 3.21. The van der Waals surface area contributed by atoms with E-state index in [1.807, 2.05) is 24.3 Å². The Morgan fingerprint density at radius 2 is 2.04 bits per heavy atom. The highest BCUT2D eigenvalue weighted by Crippen LogP contribution is 2.47. The number of rotatable bonds is 5. The van der Waals surface area contributed by atoms with Gasteiger partial charge < -0.3 is 4.74 Å². The van der Waals surface area contributed by atoms with E-state index in [1.54, 1.807) is 14.2 Å². The molecule has 1 aliphatic rings. The number of amides is 1. The van der Waals surface area contributed by atoms with E-state index < -0.39 is 15.9 Å². The van der Waals surface area contributed by atoms with Crippen molar-refractivity contribution in [1.29, 1.82) is 0 Å². The van der Waals surface area contributed by atoms with Crippen molar-refractivity contribution in [3.63, 3.8) is 0 Å². The molecule has 23 heavy (non-hydrogen) atoms. The fourth-order valence-corrected chi connectivity index (χ4v) is 3.52. The Kier molecular flexibility index (Phi) is 3.85. The van der Waals surface area contributed by atoms with E-state index in [1.165, 1.54) is 17.1 Å². The number of benzene rings is 1. The number of ether oxygens (including phenoxy) is 1. The normalized spacial score (nSPS) is 20.1. The largest absolute Gasteiger partial charge is 0.497 e. The Hall–Kier alpha value is -2.35. The molecule has 1 fully saturated rings. The number of nitrogens with zero attached hydrogens (tertiary/aromatic N) is 2. The zero-order valence-electron chi connectivity index (χ0n) is 12.8. The van der Waals surface area contributed by atoms with Crippen LogP contribution in [0, 0.1) is 5.92 Å². The molecule has 1 saturated carbocycles. The summed E-state index contributed by atoms with van der Waals surface area (Å²) in [6, 6.07) is 7.45. The van der Waals surface area contributed by atoms with Gasteiger partial charge in [0.25, 0.3) is 10.0 Å². The summed E-state index contributed by atoms with van der Waals surface area (Å²) in [4.78, 5) is 12.1. The minimum absolute atomic E-state index is 0.0185. The summed E-state index contributed by atoms with van der Waals surface area (Å²) < 4.78 is 32.8. The highest BCUT2D eigenvalue weighted by Gasteiger charge is 2.45. The van der Waals surface area contributed by atoms with Gasteiger partial charge in [-0.05, 0) is 30.0 Å². The van der Waals surface area contributed by atoms with Gasteiger partial charge in [-0.3, -0.25) is 9.48 Å². The summed E-state index contributed by atoms with van der Waals surface area (Å²) in [5, 5.41) is 3.80. The molecular weight excluding hydrogens is 318 g/mol. The molecule has 1 heterocycles. The van der Waals surface area contributed by atoms with Gasteiger partial charge in [0.15, 0.2) is 0 Å². The van der Waals surface area contributed by atoms with Crippen LogP contribution < -0.4 is 9.46 Å². The fourth-order valence-electron chi connectivity index (χ4n) is 2.51. The minimum Gasteiger partial charge on any atom is -0.497 e. The maximum atomic E-state index is 12.2. The van der Waals surface area contributed by atoms with Crippen molar-refractivity contribution < 1.29 is 17.9 Å². The maximum Gasteiger partial charge on any atom is 0.267 e. The highest BCUT2D eigenvalue weighted by atomic mass is 32.2. The van der Waals surface area contributed by atoms with Crippen molar-refractivity contribution >= 4 is 15.9 Å². The van der Waals surface area contributed by atoms with Crippen molar-refractivity contribution in [2.75, 3.05) is 7.11 Å². The highest BCUT2D eigenvalue weighted by molar-refractivity contribution is 7.90. The van der Waals surface area contributed by atoms with Crippen LogP contribution in [0.3, 0.4) is 0 Å². The van der Waals surface area contributed by atoms with Crippen LogP contribution in [-0.2, 0) is 21.9 Å². The summed E-state index contributed by atoms with van der Waals surface area (Å²) in [5.74, 6) is -0.0101. The molecule has 2 aromatic rings. The molecule has 1 aromatic carbocycles. The lowest BCUT2D eigenvalue weighted by Gasteiger charge is -2.05. The maximum absolute atomic E-state index is 12.2. The molecule has 1 aromatic heterocycles. The number of carbonyl (C=O) groups is 1. The zero-order valence-corrected chi connectivity index (χ0v) is 13.6. The van der Waals surface area contributed by atoms with Crippen LogP contribution in [0.15, 0.2) is 41.6 Å². The Bertz CT molecular complexity index is 827. The molecule has 0 aliphatic heterocycles. The number of carbonyl (C=O) groups excluding carboxylic acids is 1. The van der Waals surface area contributed by atoms with Crippen LogP contribution in [0.1, 0.15) is 17.9 Å². The second kappa shape index (κ2) is 5.69. The predicted molar refractivity (Wildman–Crippen MR) is 82.4 cm³/mol. The number of aromatic nitrogens is 2. The standard InChI is InChI=1S/C15H17N3O4S/c1-18-9-12(8-16-18)23(20,21)17-15(19)14-7-13(14)10-3-5-11(22-2)6-4-10/h3-6,8-9,13-14H,7H2,1-2H3,(H,17,19). The van der Waals surface area contributed by atoms with Crippen LogP contribution in [0.4, 0.5) is 0 Å². The number of aryl methyl sites for hydroxylation is 1. The average molecular weight is 335 g/mol. The summed E-state index contributed by atoms with van der Waals surface area (Å²) in [6.45, 7) is 0. The van der Waals surface area contributed by atoms with Crippen molar-refractivity contribution in [1.82, 2.24) is 14.5 Å². The second-order valence-electron chi connectivity index (χ2n) is 5.54. The van der Waals surface area contributed by atoms with Gasteiger partial charge in [0.1, 0.15) is 10.6 Å². The fraction of sp³-hybridized carbons (Fsp3) is 0.333. The van der Waals surface area contributed by atoms with E-state index in [0.717, 1.165) is 11.3 Å². The topological polar surface area (TPSA) is 90.3 Å². The van der Waals surface area contributed by atoms with Crippen molar-refractivity contribution in [2.24, 2.45) is 13.0 Å². The van der Waals surface area contributed by atoms with Gasteiger partial charge in [0, 0.05) is 19.2 Å². The van der Waals surface area contributed by atoms with Crippen molar-refractivity contribution in [2.45, 2.75) is 17.2 Å². The smallest absolute Gasteiger partial charge is 0.267 e. The zero-order chi connectivity index (χ0) is 16.6. The van der Waals surface area contributed by atoms with Gasteiger partial charge in [-0.25, -0.2) is 13.1 Å². The van der Waals surface area contributed by atoms with Crippen LogP contribution in [0.5, 0.6) is 5.75 Å². The molecule has 1 aliphatic carbocycles. The molecule has 3 rings (SSSR count). The number of hydrogen-bond donors (Lipinski definition) is 1. The first-order valence-corrected chi connectivity index (χ1v) is 8.58. The van der Waals surface area contributed by atoms with E-state index in [4.69, 9.17) is 4.74 Å². The molecule has 8 heteroatoms. The minimum atomic E-state index is -3.86. The number of sulfonamides is 1. The first-order valence-electron chi connectivity index (χ1n) is 7.10. The molecule has 7 nitrogen and oxygen atoms in total. The second-order valence-corrected chi connectivity index (χ2v) is 7.22. The monoisotopic (exact) mass is 335 g/mol. The van der Waals surface area contributed by atoms with Crippen LogP contribution >= 0.6 is 0 Å². The number of nitrogens with one attached hydrogen (secondary N) is 1. The quantitative estimate of drug-likeness (QED) is 0.881. The van der Waals surface area contributed by atoms with Crippen LogP contribution in [0.2, 0.25) is 0 Å². The molecule has 122 valence electrons. The predicted octanol–water partition coefficient (Wildman–Crippen LogP) is 1.04. The Morgan fingerprint density at radius 1 is 1.35 bits per heavy atom. The molecule has 0 radical (unpaired) electrons. The number of methoxy groups -OCH3 is 1. The molecule has 2 atom stereocenters. The molecular formula is C15H17N3O4S. The summed E-state index contributed by atoms with van der Waals surface area (Å²) in [7, 11) is -0.661. The third-order valence-corrected chi connectivity index (χ3v) is 5.20. The van der Waals surface area contributed by atoms with E-state index in [-0.39, 0.29) is 16.7 Å². The first kappa shape index (κ1) is 15.5. The van der Waals surface area contributed by atoms with Crippen LogP contribution in [0.25, 0.3) is 0 Å². The van der Waals surface area contributed by atoms with Crippen molar-refractivity contribution in [3.05, 3.63) is 42.2 Å². The Labute approximate surface area is 134 Å². The van der Waals surface area contributed by atoms with Gasteiger partial charge in [-0.1, -0.05) is 12.1 Å². The lowest BCUT2D eigenvalue weighted by Crippen LogP contribution is -2.31. The van der Waals surface area contributed by atoms with Crippen molar-refractivity contribution in [3.8, 4) is 5.75 Å². The van der Waals surface area contributed by atoms with Gasteiger partial charge >= 0.3 is 0 Å². The Morgan fingerprint density at radius 3 is 2.61 bits per heavy atom. The SMILES string of the molecule is COc1ccc(C2CC2C(=O)NS(=O)(=O)c2cnn(C)c2)cc1. The molecule has 2 unspecified atom stereocenters. The third kappa shape index (κ3) is 3.21. The van der Waals surface area contributed by atoms with E-state index in [0.29, 0.717) is 6.42 Å². The molecule has 0 saturated heterocycles. The molecule has 0 bridgehead atoms. The lowest BCUT2D eigenvalue weighted by molar-refractivity contribution is -0.120. The van der Waals surface area contributed by atoms with Gasteiger partial charge in [-0.2, -0.15) is 5.10 Å². The summed E-state index contributed by atoms with van der Waals surface area (Å²) >= 11 is 0. The van der Waals surface area contributed by atoms with Gasteiger partial charge in [0.2, 0.25) is 5.91 Å².